The monoisotopic (exact) mass is 182 g/mol. The molecule has 0 radical (unpaired) electrons. The summed E-state index contributed by atoms with van der Waals surface area (Å²) in [6.07, 6.45) is 0. The van der Waals surface area contributed by atoms with E-state index < -0.39 is 11.8 Å². The fourth-order valence-electron chi connectivity index (χ4n) is 0. The maximum absolute atomic E-state index is 4.99. The molecule has 0 nitrogen and oxygen atoms in total. The standard InChI is InChI=1S/AsCl3H2/c2-1(3)4/h1H2. The Morgan fingerprint density at radius 1 is 1.00 bits per heavy atom. The van der Waals surface area contributed by atoms with Crippen LogP contribution in [-0.4, -0.2) is 11.8 Å². The molecule has 4 heteroatoms. The fourth-order valence-corrected chi connectivity index (χ4v) is 0. The van der Waals surface area contributed by atoms with E-state index in [1.165, 1.54) is 0 Å². The normalized spacial score (nSPS) is 11.2. The molecule has 0 aliphatic carbocycles. The molecule has 0 aliphatic heterocycles. The maximum atomic E-state index is 4.99. The van der Waals surface area contributed by atoms with Crippen molar-refractivity contribution in [1.29, 1.82) is 0 Å². The first kappa shape index (κ1) is 5.43. The van der Waals surface area contributed by atoms with Crippen LogP contribution >= 0.6 is 29.8 Å². The Labute approximate surface area is 41.8 Å². The second-order valence-corrected chi connectivity index (χ2v) is 11.6. The zero-order chi connectivity index (χ0) is 3.58. The molecule has 0 aliphatic rings. The Morgan fingerprint density at radius 3 is 1.00 bits per heavy atom. The summed E-state index contributed by atoms with van der Waals surface area (Å²) in [4.78, 5) is 0. The van der Waals surface area contributed by atoms with Gasteiger partial charge in [-0.1, -0.05) is 0 Å². The Hall–Kier alpha value is 1.43. The van der Waals surface area contributed by atoms with Crippen molar-refractivity contribution < 1.29 is 0 Å². The third kappa shape index (κ3) is 9.91. The molecule has 0 heterocycles. The summed E-state index contributed by atoms with van der Waals surface area (Å²) >= 11 is -2.06. The van der Waals surface area contributed by atoms with E-state index in [1.807, 2.05) is 0 Å². The van der Waals surface area contributed by atoms with Crippen LogP contribution in [0.4, 0.5) is 0 Å². The molecule has 0 saturated carbocycles. The Morgan fingerprint density at radius 2 is 1.00 bits per heavy atom. The van der Waals surface area contributed by atoms with Crippen LogP contribution in [0.3, 0.4) is 0 Å². The van der Waals surface area contributed by atoms with Crippen molar-refractivity contribution in [1.82, 2.24) is 0 Å². The van der Waals surface area contributed by atoms with E-state index in [4.69, 9.17) is 29.8 Å². The van der Waals surface area contributed by atoms with Crippen molar-refractivity contribution in [3.8, 4) is 0 Å². The van der Waals surface area contributed by atoms with Crippen LogP contribution in [0.5, 0.6) is 0 Å². The molecule has 0 rings (SSSR count). The predicted octanol–water partition coefficient (Wildman–Crippen LogP) is 1.15. The van der Waals surface area contributed by atoms with E-state index in [-0.39, 0.29) is 0 Å². The van der Waals surface area contributed by atoms with E-state index in [0.717, 1.165) is 0 Å². The summed E-state index contributed by atoms with van der Waals surface area (Å²) in [5.74, 6) is 0. The number of hydrogen-bond donors (Lipinski definition) is 0. The number of rotatable bonds is 0. The first-order valence-electron chi connectivity index (χ1n) is 0.655. The van der Waals surface area contributed by atoms with E-state index in [0.29, 0.717) is 0 Å². The van der Waals surface area contributed by atoms with Crippen LogP contribution in [0, 0.1) is 0 Å². The van der Waals surface area contributed by atoms with Gasteiger partial charge in [0.05, 0.1) is 0 Å². The van der Waals surface area contributed by atoms with E-state index in [2.05, 4.69) is 0 Å². The van der Waals surface area contributed by atoms with E-state index >= 15 is 0 Å². The molecule has 0 unspecified atom stereocenters. The van der Waals surface area contributed by atoms with Gasteiger partial charge in [0.25, 0.3) is 0 Å². The van der Waals surface area contributed by atoms with Gasteiger partial charge in [-0.15, -0.1) is 0 Å². The molecular formula is H2AsCl3. The third-order valence-corrected chi connectivity index (χ3v) is 0. The van der Waals surface area contributed by atoms with Gasteiger partial charge in [-0.2, -0.15) is 0 Å². The average Bonchev–Trinajstić information content (AvgIpc) is 0.811. The summed E-state index contributed by atoms with van der Waals surface area (Å²) in [5.41, 5.74) is 0. The molecule has 0 spiro atoms. The summed E-state index contributed by atoms with van der Waals surface area (Å²) in [5, 5.41) is 0. The Balaban J connectivity index is 2.32. The molecule has 0 saturated heterocycles. The summed E-state index contributed by atoms with van der Waals surface area (Å²) in [6, 6.07) is 0. The molecule has 28 valence electrons. The number of halogens is 3. The molecular weight excluding hydrogens is 181 g/mol. The molecule has 0 aromatic heterocycles. The molecule has 0 atom stereocenters. The van der Waals surface area contributed by atoms with Crippen molar-refractivity contribution in [3.63, 3.8) is 0 Å². The van der Waals surface area contributed by atoms with Crippen LogP contribution in [0.25, 0.3) is 0 Å². The third-order valence-electron chi connectivity index (χ3n) is 0. The van der Waals surface area contributed by atoms with Crippen molar-refractivity contribution in [2.24, 2.45) is 0 Å². The molecule has 0 N–H and O–H groups in total. The van der Waals surface area contributed by atoms with Crippen molar-refractivity contribution in [3.05, 3.63) is 0 Å². The van der Waals surface area contributed by atoms with Gasteiger partial charge in [0.2, 0.25) is 0 Å². The minimum atomic E-state index is -2.06. The molecule has 0 aromatic carbocycles. The average molecular weight is 183 g/mol. The van der Waals surface area contributed by atoms with Gasteiger partial charge < -0.3 is 0 Å². The molecule has 0 amide bonds. The zero-order valence-corrected chi connectivity index (χ0v) is 6.40. The van der Waals surface area contributed by atoms with E-state index in [1.54, 1.807) is 0 Å². The van der Waals surface area contributed by atoms with Gasteiger partial charge in [-0.3, -0.25) is 0 Å². The zero-order valence-electron chi connectivity index (χ0n) is 1.71. The van der Waals surface area contributed by atoms with Crippen LogP contribution in [0.1, 0.15) is 0 Å². The Bertz CT molecular complexity index is 8.00. The van der Waals surface area contributed by atoms with Crippen LogP contribution in [0.15, 0.2) is 0 Å². The fraction of sp³-hybridized carbons (Fsp3) is 0. The second kappa shape index (κ2) is 2.65. The van der Waals surface area contributed by atoms with E-state index in [9.17, 15) is 0 Å². The first-order chi connectivity index (χ1) is 1.73. The Kier molecular flexibility index (Phi) is 3.60. The molecule has 0 aromatic rings. The first-order valence-corrected chi connectivity index (χ1v) is 10.2. The molecule has 0 bridgehead atoms. The molecule has 4 heavy (non-hydrogen) atoms. The summed E-state index contributed by atoms with van der Waals surface area (Å²) in [6.45, 7) is 0. The summed E-state index contributed by atoms with van der Waals surface area (Å²) < 4.78 is 0. The van der Waals surface area contributed by atoms with Crippen molar-refractivity contribution in [2.75, 3.05) is 0 Å². The van der Waals surface area contributed by atoms with Crippen LogP contribution in [-0.2, 0) is 0 Å². The van der Waals surface area contributed by atoms with Gasteiger partial charge >= 0.3 is 41.7 Å². The molecule has 0 fully saturated rings. The van der Waals surface area contributed by atoms with Gasteiger partial charge in [0, 0.05) is 0 Å². The number of hydrogen-bond acceptors (Lipinski definition) is 0. The minimum absolute atomic E-state index is 2.06. The predicted molar refractivity (Wildman–Crippen MR) is 26.1 cm³/mol. The summed E-state index contributed by atoms with van der Waals surface area (Å²) in [7, 11) is 15.0. The van der Waals surface area contributed by atoms with Crippen molar-refractivity contribution >= 4 is 41.7 Å². The van der Waals surface area contributed by atoms with Gasteiger partial charge in [0.1, 0.15) is 0 Å². The second-order valence-electron chi connectivity index (χ2n) is 0.247. The topological polar surface area (TPSA) is 0 Å². The SMILES string of the molecule is Cl[AsH2](Cl)Cl. The van der Waals surface area contributed by atoms with Gasteiger partial charge in [-0.25, -0.2) is 0 Å². The van der Waals surface area contributed by atoms with Crippen LogP contribution in [0.2, 0.25) is 0 Å². The van der Waals surface area contributed by atoms with Gasteiger partial charge in [-0.05, 0) is 0 Å². The van der Waals surface area contributed by atoms with Crippen LogP contribution < -0.4 is 0 Å². The van der Waals surface area contributed by atoms with Gasteiger partial charge in [0.15, 0.2) is 0 Å². The van der Waals surface area contributed by atoms with Crippen molar-refractivity contribution in [2.45, 2.75) is 0 Å². The quantitative estimate of drug-likeness (QED) is 0.494.